The molecule has 9 heteroatoms. The number of rotatable bonds is 10. The first-order valence-corrected chi connectivity index (χ1v) is 15.0. The summed E-state index contributed by atoms with van der Waals surface area (Å²) in [5, 5.41) is 2.68. The van der Waals surface area contributed by atoms with Gasteiger partial charge in [0.1, 0.15) is 17.3 Å². The molecule has 216 valence electrons. The zero-order valence-corrected chi connectivity index (χ0v) is 24.1. The fourth-order valence-electron chi connectivity index (χ4n) is 5.05. The average molecular weight is 586 g/mol. The van der Waals surface area contributed by atoms with Crippen LogP contribution >= 0.6 is 0 Å². The molecule has 0 aliphatic heterocycles. The zero-order chi connectivity index (χ0) is 29.7. The van der Waals surface area contributed by atoms with Crippen molar-refractivity contribution in [1.29, 1.82) is 0 Å². The number of hydrogen-bond acceptors (Lipinski definition) is 7. The SMILES string of the molecule is CCOC(=O)C(CNC(=O)OCC1c2ccccc2-c2ccccc21)c1ccc(OS(=O)(=O)c2ccc(C)cc2)cc1. The average Bonchev–Trinajstić information content (AvgIpc) is 3.31. The smallest absolute Gasteiger partial charge is 0.407 e. The van der Waals surface area contributed by atoms with Crippen molar-refractivity contribution < 1.29 is 31.7 Å². The molecular formula is C33H31NO7S. The second-order valence-corrected chi connectivity index (χ2v) is 11.5. The minimum atomic E-state index is -4.03. The van der Waals surface area contributed by atoms with E-state index in [-0.39, 0.29) is 36.3 Å². The van der Waals surface area contributed by atoms with E-state index in [4.69, 9.17) is 13.7 Å². The molecule has 1 aliphatic carbocycles. The summed E-state index contributed by atoms with van der Waals surface area (Å²) in [7, 11) is -4.03. The molecule has 8 nitrogen and oxygen atoms in total. The third kappa shape index (κ3) is 6.31. The first kappa shape index (κ1) is 28.9. The van der Waals surface area contributed by atoms with E-state index >= 15 is 0 Å². The van der Waals surface area contributed by atoms with E-state index in [9.17, 15) is 18.0 Å². The molecule has 0 fully saturated rings. The molecule has 42 heavy (non-hydrogen) atoms. The predicted octanol–water partition coefficient (Wildman–Crippen LogP) is 5.95. The van der Waals surface area contributed by atoms with E-state index < -0.39 is 28.1 Å². The number of esters is 1. The lowest BCUT2D eigenvalue weighted by Crippen LogP contribution is -2.33. The lowest BCUT2D eigenvalue weighted by atomic mass is 9.98. The fraction of sp³-hybridized carbons (Fsp3) is 0.212. The van der Waals surface area contributed by atoms with Crippen LogP contribution in [-0.2, 0) is 24.4 Å². The van der Waals surface area contributed by atoms with Crippen LogP contribution in [0.15, 0.2) is 102 Å². The molecule has 0 radical (unpaired) electrons. The number of benzene rings is 4. The van der Waals surface area contributed by atoms with Crippen LogP contribution in [0.1, 0.15) is 41.0 Å². The van der Waals surface area contributed by atoms with E-state index in [1.54, 1.807) is 31.2 Å². The van der Waals surface area contributed by atoms with Gasteiger partial charge in [0.25, 0.3) is 0 Å². The Morgan fingerprint density at radius 1 is 0.810 bits per heavy atom. The lowest BCUT2D eigenvalue weighted by molar-refractivity contribution is -0.144. The Hall–Kier alpha value is -4.63. The molecule has 1 aliphatic rings. The summed E-state index contributed by atoms with van der Waals surface area (Å²) in [6.45, 7) is 3.79. The molecule has 4 aromatic carbocycles. The van der Waals surface area contributed by atoms with Gasteiger partial charge < -0.3 is 19.0 Å². The lowest BCUT2D eigenvalue weighted by Gasteiger charge is -2.18. The molecule has 0 saturated heterocycles. The van der Waals surface area contributed by atoms with Crippen molar-refractivity contribution >= 4 is 22.2 Å². The zero-order valence-electron chi connectivity index (χ0n) is 23.3. The summed E-state index contributed by atoms with van der Waals surface area (Å²) in [6, 6.07) is 28.5. The van der Waals surface area contributed by atoms with Crippen molar-refractivity contribution in [3.8, 4) is 16.9 Å². The van der Waals surface area contributed by atoms with Crippen molar-refractivity contribution in [1.82, 2.24) is 5.32 Å². The van der Waals surface area contributed by atoms with Crippen molar-refractivity contribution in [3.63, 3.8) is 0 Å². The summed E-state index contributed by atoms with van der Waals surface area (Å²) in [6.07, 6.45) is -0.657. The predicted molar refractivity (Wildman–Crippen MR) is 158 cm³/mol. The summed E-state index contributed by atoms with van der Waals surface area (Å²) in [5.74, 6) is -1.37. The quantitative estimate of drug-likeness (QED) is 0.181. The summed E-state index contributed by atoms with van der Waals surface area (Å²) in [5.41, 5.74) is 5.90. The normalized spacial score (nSPS) is 13.0. The molecule has 0 spiro atoms. The van der Waals surface area contributed by atoms with Crippen molar-refractivity contribution in [3.05, 3.63) is 119 Å². The molecular weight excluding hydrogens is 554 g/mol. The minimum Gasteiger partial charge on any atom is -0.465 e. The van der Waals surface area contributed by atoms with Gasteiger partial charge >= 0.3 is 22.2 Å². The highest BCUT2D eigenvalue weighted by molar-refractivity contribution is 7.87. The Morgan fingerprint density at radius 3 is 2.00 bits per heavy atom. The van der Waals surface area contributed by atoms with Gasteiger partial charge in [-0.2, -0.15) is 8.42 Å². The van der Waals surface area contributed by atoms with Gasteiger partial charge in [-0.1, -0.05) is 78.4 Å². The molecule has 0 bridgehead atoms. The Morgan fingerprint density at radius 2 is 1.40 bits per heavy atom. The number of carbonyl (C=O) groups excluding carboxylic acids is 2. The molecule has 4 aromatic rings. The number of aryl methyl sites for hydroxylation is 1. The molecule has 1 amide bonds. The number of ether oxygens (including phenoxy) is 2. The van der Waals surface area contributed by atoms with Crippen LogP contribution in [-0.4, -0.2) is 40.2 Å². The first-order valence-electron chi connectivity index (χ1n) is 13.6. The van der Waals surface area contributed by atoms with Gasteiger partial charge in [-0.25, -0.2) is 4.79 Å². The second-order valence-electron chi connectivity index (χ2n) is 9.93. The summed E-state index contributed by atoms with van der Waals surface area (Å²) < 4.78 is 41.4. The van der Waals surface area contributed by atoms with Crippen LogP contribution < -0.4 is 9.50 Å². The Labute approximate surface area is 245 Å². The van der Waals surface area contributed by atoms with Gasteiger partial charge in [0.05, 0.1) is 12.5 Å². The molecule has 1 atom stereocenters. The highest BCUT2D eigenvalue weighted by Crippen LogP contribution is 2.44. The van der Waals surface area contributed by atoms with E-state index in [0.717, 1.165) is 27.8 Å². The van der Waals surface area contributed by atoms with Crippen molar-refractivity contribution in [2.24, 2.45) is 0 Å². The van der Waals surface area contributed by atoms with Crippen LogP contribution in [0.4, 0.5) is 4.79 Å². The number of hydrogen-bond donors (Lipinski definition) is 1. The van der Waals surface area contributed by atoms with E-state index in [1.807, 2.05) is 43.3 Å². The second kappa shape index (κ2) is 12.5. The Balaban J connectivity index is 1.23. The van der Waals surface area contributed by atoms with Crippen LogP contribution in [0.5, 0.6) is 5.75 Å². The van der Waals surface area contributed by atoms with Gasteiger partial charge in [0.15, 0.2) is 0 Å². The number of alkyl carbamates (subject to hydrolysis) is 1. The monoisotopic (exact) mass is 585 g/mol. The van der Waals surface area contributed by atoms with Gasteiger partial charge in [0, 0.05) is 12.5 Å². The first-order chi connectivity index (χ1) is 20.3. The van der Waals surface area contributed by atoms with Crippen LogP contribution in [0, 0.1) is 6.92 Å². The van der Waals surface area contributed by atoms with E-state index in [0.29, 0.717) is 5.56 Å². The van der Waals surface area contributed by atoms with Gasteiger partial charge in [-0.05, 0) is 65.9 Å². The number of fused-ring (bicyclic) bond motifs is 3. The van der Waals surface area contributed by atoms with Crippen molar-refractivity contribution in [2.45, 2.75) is 30.6 Å². The maximum absolute atomic E-state index is 12.8. The molecule has 0 aromatic heterocycles. The molecule has 1 unspecified atom stereocenters. The van der Waals surface area contributed by atoms with Crippen molar-refractivity contribution in [2.75, 3.05) is 19.8 Å². The highest BCUT2D eigenvalue weighted by Gasteiger charge is 2.29. The van der Waals surface area contributed by atoms with Crippen LogP contribution in [0.2, 0.25) is 0 Å². The standard InChI is InChI=1S/C33H31NO7S/c1-3-39-32(35)30(23-14-16-24(17-15-23)41-42(37,38)25-18-12-22(2)13-19-25)20-34-33(36)40-21-31-28-10-6-4-8-26(28)27-9-5-7-11-29(27)31/h4-19,30-31H,3,20-21H2,1-2H3,(H,34,36). The maximum atomic E-state index is 12.8. The molecule has 5 rings (SSSR count). The van der Waals surface area contributed by atoms with Crippen LogP contribution in [0.25, 0.3) is 11.1 Å². The number of amides is 1. The Kier molecular flexibility index (Phi) is 8.59. The third-order valence-corrected chi connectivity index (χ3v) is 8.42. The van der Waals surface area contributed by atoms with Gasteiger partial charge in [0.2, 0.25) is 0 Å². The largest absolute Gasteiger partial charge is 0.465 e. The maximum Gasteiger partial charge on any atom is 0.407 e. The topological polar surface area (TPSA) is 108 Å². The minimum absolute atomic E-state index is 0.0360. The van der Waals surface area contributed by atoms with E-state index in [1.165, 1.54) is 24.3 Å². The molecule has 0 heterocycles. The molecule has 1 N–H and O–H groups in total. The third-order valence-electron chi connectivity index (χ3n) is 7.16. The Bertz CT molecular complexity index is 1640. The molecule has 0 saturated carbocycles. The van der Waals surface area contributed by atoms with Gasteiger partial charge in [-0.15, -0.1) is 0 Å². The summed E-state index contributed by atoms with van der Waals surface area (Å²) in [4.78, 5) is 25.6. The van der Waals surface area contributed by atoms with Crippen LogP contribution in [0.3, 0.4) is 0 Å². The number of carbonyl (C=O) groups is 2. The number of nitrogens with one attached hydrogen (secondary N) is 1. The van der Waals surface area contributed by atoms with Gasteiger partial charge in [-0.3, -0.25) is 4.79 Å². The highest BCUT2D eigenvalue weighted by atomic mass is 32.2. The fourth-order valence-corrected chi connectivity index (χ4v) is 5.98. The summed E-state index contributed by atoms with van der Waals surface area (Å²) >= 11 is 0. The van der Waals surface area contributed by atoms with E-state index in [2.05, 4.69) is 17.4 Å².